The molecule has 3 nitrogen and oxygen atoms in total. The summed E-state index contributed by atoms with van der Waals surface area (Å²) in [5.41, 5.74) is 0. The van der Waals surface area contributed by atoms with Crippen molar-refractivity contribution in [2.24, 2.45) is 4.99 Å². The third-order valence-electron chi connectivity index (χ3n) is 5.43. The lowest BCUT2D eigenvalue weighted by molar-refractivity contribution is -0.835. The van der Waals surface area contributed by atoms with Crippen LogP contribution in [0.1, 0.15) is 84.5 Å². The van der Waals surface area contributed by atoms with Crippen LogP contribution in [0.5, 0.6) is 0 Å². The molecule has 0 fully saturated rings. The number of allylic oxidation sites excluding steroid dienone is 2. The number of nitrogens with zero attached hydrogens (tertiary/aromatic N) is 2. The van der Waals surface area contributed by atoms with Crippen molar-refractivity contribution in [3.8, 4) is 0 Å². The largest absolute Gasteiger partial charge is 0.390 e. The first-order chi connectivity index (χ1) is 11.8. The quantitative estimate of drug-likeness (QED) is 0.252. The minimum absolute atomic E-state index is 0.279. The van der Waals surface area contributed by atoms with Crippen molar-refractivity contribution >= 4 is 5.84 Å². The second kappa shape index (κ2) is 13.6. The number of quaternary nitrogens is 1. The Morgan fingerprint density at radius 1 is 0.958 bits per heavy atom. The van der Waals surface area contributed by atoms with Gasteiger partial charge in [-0.15, -0.1) is 0 Å². The Morgan fingerprint density at radius 2 is 1.62 bits per heavy atom. The van der Waals surface area contributed by atoms with Crippen LogP contribution < -0.4 is 0 Å². The van der Waals surface area contributed by atoms with Crippen LogP contribution in [0.3, 0.4) is 0 Å². The number of likely N-dealkylation sites (N-methyl/N-ethyl adjacent to an activating group) is 1. The molecule has 0 aromatic carbocycles. The Bertz CT molecular complexity index is 365. The van der Waals surface area contributed by atoms with Crippen LogP contribution in [0.25, 0.3) is 0 Å². The molecule has 1 rings (SSSR count). The Balaban J connectivity index is 1.99. The average molecular weight is 338 g/mol. The van der Waals surface area contributed by atoms with Gasteiger partial charge in [-0.2, -0.15) is 0 Å². The van der Waals surface area contributed by atoms with Gasteiger partial charge in [-0.1, -0.05) is 57.6 Å². The van der Waals surface area contributed by atoms with Crippen molar-refractivity contribution < 1.29 is 9.59 Å². The van der Waals surface area contributed by atoms with Gasteiger partial charge in [-0.3, -0.25) is 4.48 Å². The van der Waals surface area contributed by atoms with Gasteiger partial charge in [-0.25, -0.2) is 4.99 Å². The topological polar surface area (TPSA) is 32.6 Å². The van der Waals surface area contributed by atoms with Gasteiger partial charge >= 0.3 is 0 Å². The highest BCUT2D eigenvalue weighted by molar-refractivity contribution is 5.76. The van der Waals surface area contributed by atoms with Crippen LogP contribution in [-0.2, 0) is 0 Å². The van der Waals surface area contributed by atoms with Gasteiger partial charge in [0.1, 0.15) is 13.1 Å². The molecule has 0 aromatic rings. The minimum atomic E-state index is 0.279. The van der Waals surface area contributed by atoms with Crippen molar-refractivity contribution in [1.82, 2.24) is 0 Å². The molecule has 0 bridgehead atoms. The van der Waals surface area contributed by atoms with E-state index in [1.165, 1.54) is 70.0 Å². The van der Waals surface area contributed by atoms with E-state index in [1.807, 2.05) is 0 Å². The second-order valence-corrected chi connectivity index (χ2v) is 7.18. The number of rotatable bonds is 15. The molecule has 0 saturated heterocycles. The number of unbranched alkanes of at least 4 members (excludes halogenated alkanes) is 8. The van der Waals surface area contributed by atoms with Crippen LogP contribution in [-0.4, -0.2) is 48.2 Å². The number of amidine groups is 1. The highest BCUT2D eigenvalue weighted by atomic mass is 16.3. The molecular weight excluding hydrogens is 296 g/mol. The number of aliphatic hydroxyl groups is 1. The Labute approximate surface area is 150 Å². The Kier molecular flexibility index (Phi) is 12.1. The predicted octanol–water partition coefficient (Wildman–Crippen LogP) is 5.09. The molecule has 1 aliphatic heterocycles. The molecule has 0 aromatic heterocycles. The van der Waals surface area contributed by atoms with E-state index >= 15 is 0 Å². The fourth-order valence-electron chi connectivity index (χ4n) is 3.79. The molecular formula is C21H41N2O+. The summed E-state index contributed by atoms with van der Waals surface area (Å²) in [7, 11) is 0. The summed E-state index contributed by atoms with van der Waals surface area (Å²) in [4.78, 5) is 4.74. The van der Waals surface area contributed by atoms with Crippen LogP contribution >= 0.6 is 0 Å². The summed E-state index contributed by atoms with van der Waals surface area (Å²) in [6, 6.07) is 0. The summed E-state index contributed by atoms with van der Waals surface area (Å²) >= 11 is 0. The molecule has 140 valence electrons. The second-order valence-electron chi connectivity index (χ2n) is 7.18. The minimum Gasteiger partial charge on any atom is -0.390 e. The molecule has 0 amide bonds. The summed E-state index contributed by atoms with van der Waals surface area (Å²) < 4.78 is 0.947. The first-order valence-corrected chi connectivity index (χ1v) is 10.4. The summed E-state index contributed by atoms with van der Waals surface area (Å²) in [6.07, 6.45) is 19.1. The molecule has 3 heteroatoms. The molecule has 0 radical (unpaired) electrons. The van der Waals surface area contributed by atoms with E-state index in [2.05, 4.69) is 26.0 Å². The first-order valence-electron chi connectivity index (χ1n) is 10.4. The van der Waals surface area contributed by atoms with E-state index in [4.69, 9.17) is 4.99 Å². The maximum atomic E-state index is 9.34. The summed E-state index contributed by atoms with van der Waals surface area (Å²) in [6.45, 7) is 8.69. The Morgan fingerprint density at radius 3 is 2.25 bits per heavy atom. The standard InChI is InChI=1S/C21H41N2O/c1-3-5-6-7-8-9-10-11-12-13-14-15-16-21-22-17-18-23(21,4-2)19-20-24/h5-6,24H,3-4,7-20H2,1-2H3/q+1/b6-5+. The van der Waals surface area contributed by atoms with Crippen molar-refractivity contribution in [1.29, 1.82) is 0 Å². The maximum absolute atomic E-state index is 9.34. The monoisotopic (exact) mass is 337 g/mol. The molecule has 1 N–H and O–H groups in total. The zero-order chi connectivity index (χ0) is 17.5. The summed E-state index contributed by atoms with van der Waals surface area (Å²) in [5, 5.41) is 9.34. The third-order valence-corrected chi connectivity index (χ3v) is 5.43. The molecule has 1 atom stereocenters. The molecule has 24 heavy (non-hydrogen) atoms. The van der Waals surface area contributed by atoms with Gasteiger partial charge in [0.05, 0.1) is 19.7 Å². The SMILES string of the molecule is CC/C=C/CCCCCCCCCCC1=NCC[N+]1(CC)CCO. The molecule has 1 heterocycles. The lowest BCUT2D eigenvalue weighted by Gasteiger charge is -2.33. The molecule has 1 aliphatic rings. The number of hydrogen-bond acceptors (Lipinski definition) is 2. The molecule has 0 aliphatic carbocycles. The van der Waals surface area contributed by atoms with Gasteiger partial charge in [0.2, 0.25) is 0 Å². The van der Waals surface area contributed by atoms with Crippen LogP contribution in [0.15, 0.2) is 17.1 Å². The van der Waals surface area contributed by atoms with Crippen LogP contribution in [0, 0.1) is 0 Å². The van der Waals surface area contributed by atoms with E-state index in [9.17, 15) is 5.11 Å². The lowest BCUT2D eigenvalue weighted by Crippen LogP contribution is -2.52. The highest BCUT2D eigenvalue weighted by Gasteiger charge is 2.35. The maximum Gasteiger partial charge on any atom is 0.198 e. The predicted molar refractivity (Wildman–Crippen MR) is 106 cm³/mol. The van der Waals surface area contributed by atoms with Gasteiger partial charge in [0.25, 0.3) is 0 Å². The highest BCUT2D eigenvalue weighted by Crippen LogP contribution is 2.20. The van der Waals surface area contributed by atoms with Gasteiger partial charge < -0.3 is 5.11 Å². The van der Waals surface area contributed by atoms with Crippen LogP contribution in [0.4, 0.5) is 0 Å². The summed E-state index contributed by atoms with van der Waals surface area (Å²) in [5.74, 6) is 1.35. The van der Waals surface area contributed by atoms with E-state index in [0.717, 1.165) is 37.1 Å². The average Bonchev–Trinajstić information content (AvgIpc) is 2.99. The lowest BCUT2D eigenvalue weighted by atomic mass is 10.1. The number of aliphatic imine (C=N–C) groups is 1. The van der Waals surface area contributed by atoms with Crippen LogP contribution in [0.2, 0.25) is 0 Å². The zero-order valence-corrected chi connectivity index (χ0v) is 16.3. The van der Waals surface area contributed by atoms with Gasteiger partial charge in [0, 0.05) is 6.42 Å². The molecule has 0 spiro atoms. The smallest absolute Gasteiger partial charge is 0.198 e. The van der Waals surface area contributed by atoms with Gasteiger partial charge in [-0.05, 0) is 32.6 Å². The van der Waals surface area contributed by atoms with E-state index < -0.39 is 0 Å². The molecule has 1 unspecified atom stereocenters. The number of hydrogen-bond donors (Lipinski definition) is 1. The van der Waals surface area contributed by atoms with E-state index in [-0.39, 0.29) is 6.61 Å². The van der Waals surface area contributed by atoms with E-state index in [1.54, 1.807) is 0 Å². The van der Waals surface area contributed by atoms with Crippen molar-refractivity contribution in [2.75, 3.05) is 32.8 Å². The fourth-order valence-corrected chi connectivity index (χ4v) is 3.79. The van der Waals surface area contributed by atoms with Crippen molar-refractivity contribution in [3.63, 3.8) is 0 Å². The first kappa shape index (κ1) is 21.4. The Hall–Kier alpha value is -0.670. The molecule has 0 saturated carbocycles. The zero-order valence-electron chi connectivity index (χ0n) is 16.3. The van der Waals surface area contributed by atoms with Crippen molar-refractivity contribution in [2.45, 2.75) is 84.5 Å². The third kappa shape index (κ3) is 7.94. The van der Waals surface area contributed by atoms with Crippen molar-refractivity contribution in [3.05, 3.63) is 12.2 Å². The van der Waals surface area contributed by atoms with E-state index in [0.29, 0.717) is 0 Å². The normalized spacial score (nSPS) is 20.9. The number of aliphatic hydroxyl groups excluding tert-OH is 1. The van der Waals surface area contributed by atoms with Gasteiger partial charge in [0.15, 0.2) is 5.84 Å². The fraction of sp³-hybridized carbons (Fsp3) is 0.857.